The van der Waals surface area contributed by atoms with Crippen molar-refractivity contribution in [2.75, 3.05) is 27.7 Å². The molecule has 0 unspecified atom stereocenters. The Morgan fingerprint density at radius 1 is 1.39 bits per heavy atom. The summed E-state index contributed by atoms with van der Waals surface area (Å²) in [5.41, 5.74) is 5.25. The highest BCUT2D eigenvalue weighted by molar-refractivity contribution is 7.17. The van der Waals surface area contributed by atoms with Gasteiger partial charge in [0.05, 0.1) is 37.4 Å². The molecule has 0 aromatic carbocycles. The fourth-order valence-electron chi connectivity index (χ4n) is 2.01. The van der Waals surface area contributed by atoms with Gasteiger partial charge in [-0.1, -0.05) is 0 Å². The van der Waals surface area contributed by atoms with Gasteiger partial charge in [0.2, 0.25) is 0 Å². The molecule has 7 heteroatoms. The molecule has 2 aromatic heterocycles. The third kappa shape index (κ3) is 4.94. The Labute approximate surface area is 140 Å². The maximum atomic E-state index is 11.9. The third-order valence-electron chi connectivity index (χ3n) is 3.00. The summed E-state index contributed by atoms with van der Waals surface area (Å²) in [5, 5.41) is 5.11. The first kappa shape index (κ1) is 17.2. The number of pyridine rings is 1. The number of carbonyl (C=O) groups excluding carboxylic acids is 1. The van der Waals surface area contributed by atoms with Gasteiger partial charge in [-0.3, -0.25) is 9.78 Å². The molecule has 0 atom stereocenters. The predicted molar refractivity (Wildman–Crippen MR) is 93.3 cm³/mol. The number of hydrogen-bond donors (Lipinski definition) is 1. The number of thiazole rings is 1. The van der Waals surface area contributed by atoms with Gasteiger partial charge in [0.15, 0.2) is 6.54 Å². The van der Waals surface area contributed by atoms with Gasteiger partial charge >= 0.3 is 0 Å². The first-order chi connectivity index (χ1) is 10.8. The molecular formula is C16H22N5OS+. The average Bonchev–Trinajstić information content (AvgIpc) is 2.86. The number of aryl methyl sites for hydroxylation is 1. The van der Waals surface area contributed by atoms with Gasteiger partial charge < -0.3 is 4.48 Å². The van der Waals surface area contributed by atoms with Crippen LogP contribution in [0.25, 0.3) is 10.6 Å². The summed E-state index contributed by atoms with van der Waals surface area (Å²) in [4.78, 5) is 21.5. The normalized spacial score (nSPS) is 12.3. The Hall–Kier alpha value is -2.12. The number of carbonyl (C=O) groups is 1. The van der Waals surface area contributed by atoms with Crippen LogP contribution in [0.2, 0.25) is 0 Å². The van der Waals surface area contributed by atoms with Gasteiger partial charge in [-0.25, -0.2) is 10.4 Å². The molecule has 0 spiro atoms. The van der Waals surface area contributed by atoms with Crippen molar-refractivity contribution in [2.45, 2.75) is 13.8 Å². The van der Waals surface area contributed by atoms with Crippen LogP contribution in [-0.2, 0) is 4.79 Å². The minimum absolute atomic E-state index is 0.105. The van der Waals surface area contributed by atoms with Crippen LogP contribution in [0.5, 0.6) is 0 Å². The number of likely N-dealkylation sites (N-methyl/N-ethyl adjacent to an activating group) is 1. The smallest absolute Gasteiger partial charge is 0.295 e. The summed E-state index contributed by atoms with van der Waals surface area (Å²) >= 11 is 1.55. The second kappa shape index (κ2) is 6.97. The fourth-order valence-corrected chi connectivity index (χ4v) is 3.01. The monoisotopic (exact) mass is 332 g/mol. The zero-order valence-electron chi connectivity index (χ0n) is 14.1. The zero-order chi connectivity index (χ0) is 17.0. The van der Waals surface area contributed by atoms with Crippen molar-refractivity contribution in [3.63, 3.8) is 0 Å². The molecule has 0 aliphatic rings. The number of aromatic nitrogens is 2. The van der Waals surface area contributed by atoms with E-state index in [1.807, 2.05) is 47.1 Å². The van der Waals surface area contributed by atoms with Gasteiger partial charge in [-0.05, 0) is 26.0 Å². The second-order valence-corrected chi connectivity index (χ2v) is 7.35. The van der Waals surface area contributed by atoms with Gasteiger partial charge in [0.1, 0.15) is 5.01 Å². The van der Waals surface area contributed by atoms with Crippen molar-refractivity contribution >= 4 is 23.0 Å². The molecule has 0 aliphatic heterocycles. The number of quaternary nitrogens is 1. The fraction of sp³-hybridized carbons (Fsp3) is 0.375. The van der Waals surface area contributed by atoms with Gasteiger partial charge in [0.25, 0.3) is 5.91 Å². The van der Waals surface area contributed by atoms with E-state index in [-0.39, 0.29) is 5.91 Å². The van der Waals surface area contributed by atoms with E-state index in [0.29, 0.717) is 11.0 Å². The van der Waals surface area contributed by atoms with Crippen molar-refractivity contribution in [3.05, 3.63) is 35.1 Å². The van der Waals surface area contributed by atoms with E-state index >= 15 is 0 Å². The number of hydrazone groups is 1. The Morgan fingerprint density at radius 2 is 2.13 bits per heavy atom. The standard InChI is InChI=1S/C16H21N5OS/c1-11-15(12(2)19-20-14(22)10-21(3,4)5)23-16(18-11)13-7-6-8-17-9-13/h6-9H,10H2,1-5H3/p+1/b19-12-. The molecule has 6 nitrogen and oxygen atoms in total. The highest BCUT2D eigenvalue weighted by Crippen LogP contribution is 2.27. The maximum Gasteiger partial charge on any atom is 0.295 e. The quantitative estimate of drug-likeness (QED) is 0.518. The summed E-state index contributed by atoms with van der Waals surface area (Å²) < 4.78 is 0.561. The van der Waals surface area contributed by atoms with Crippen molar-refractivity contribution < 1.29 is 9.28 Å². The van der Waals surface area contributed by atoms with E-state index in [2.05, 4.69) is 20.5 Å². The molecule has 0 radical (unpaired) electrons. The lowest BCUT2D eigenvalue weighted by Gasteiger charge is -2.22. The first-order valence-corrected chi connectivity index (χ1v) is 8.10. The molecule has 1 amide bonds. The number of rotatable bonds is 5. The Balaban J connectivity index is 2.14. The molecule has 0 bridgehead atoms. The van der Waals surface area contributed by atoms with Crippen LogP contribution in [0.1, 0.15) is 17.5 Å². The molecule has 0 saturated heterocycles. The molecule has 2 heterocycles. The number of amides is 1. The molecule has 2 rings (SSSR count). The average molecular weight is 332 g/mol. The van der Waals surface area contributed by atoms with Crippen LogP contribution in [0.3, 0.4) is 0 Å². The van der Waals surface area contributed by atoms with Crippen molar-refractivity contribution in [3.8, 4) is 10.6 Å². The van der Waals surface area contributed by atoms with E-state index < -0.39 is 0 Å². The van der Waals surface area contributed by atoms with Gasteiger partial charge in [-0.15, -0.1) is 11.3 Å². The van der Waals surface area contributed by atoms with Gasteiger partial charge in [-0.2, -0.15) is 5.10 Å². The van der Waals surface area contributed by atoms with Crippen molar-refractivity contribution in [2.24, 2.45) is 5.10 Å². The molecular weight excluding hydrogens is 310 g/mol. The molecule has 122 valence electrons. The van der Waals surface area contributed by atoms with Crippen LogP contribution in [0, 0.1) is 6.92 Å². The van der Waals surface area contributed by atoms with Crippen LogP contribution >= 0.6 is 11.3 Å². The SMILES string of the molecule is C/C(=N/NC(=O)C[N+](C)(C)C)c1sc(-c2cccnc2)nc1C. The molecule has 0 saturated carbocycles. The minimum Gasteiger partial charge on any atom is -0.323 e. The Kier molecular flexibility index (Phi) is 5.23. The van der Waals surface area contributed by atoms with E-state index in [1.165, 1.54) is 0 Å². The molecule has 0 fully saturated rings. The summed E-state index contributed by atoms with van der Waals surface area (Å²) in [6.07, 6.45) is 3.53. The minimum atomic E-state index is -0.105. The first-order valence-electron chi connectivity index (χ1n) is 7.28. The summed E-state index contributed by atoms with van der Waals surface area (Å²) in [5.74, 6) is -0.105. The Bertz CT molecular complexity index is 716. The predicted octanol–water partition coefficient (Wildman–Crippen LogP) is 2.06. The molecule has 1 N–H and O–H groups in total. The van der Waals surface area contributed by atoms with E-state index in [0.717, 1.165) is 26.9 Å². The maximum absolute atomic E-state index is 11.9. The molecule has 2 aromatic rings. The lowest BCUT2D eigenvalue weighted by molar-refractivity contribution is -0.862. The summed E-state index contributed by atoms with van der Waals surface area (Å²) in [6.45, 7) is 4.19. The van der Waals surface area contributed by atoms with E-state index in [9.17, 15) is 4.79 Å². The van der Waals surface area contributed by atoms with Crippen LogP contribution < -0.4 is 5.43 Å². The highest BCUT2D eigenvalue weighted by atomic mass is 32.1. The van der Waals surface area contributed by atoms with Gasteiger partial charge in [0, 0.05) is 18.0 Å². The lowest BCUT2D eigenvalue weighted by atomic mass is 10.3. The van der Waals surface area contributed by atoms with Crippen molar-refractivity contribution in [1.29, 1.82) is 0 Å². The van der Waals surface area contributed by atoms with E-state index in [4.69, 9.17) is 0 Å². The van der Waals surface area contributed by atoms with Crippen LogP contribution in [0.4, 0.5) is 0 Å². The van der Waals surface area contributed by atoms with Crippen LogP contribution in [-0.4, -0.2) is 53.8 Å². The number of hydrogen-bond acceptors (Lipinski definition) is 5. The van der Waals surface area contributed by atoms with Crippen molar-refractivity contribution in [1.82, 2.24) is 15.4 Å². The zero-order valence-corrected chi connectivity index (χ0v) is 14.9. The molecule has 23 heavy (non-hydrogen) atoms. The number of nitrogens with zero attached hydrogens (tertiary/aromatic N) is 4. The highest BCUT2D eigenvalue weighted by Gasteiger charge is 2.15. The van der Waals surface area contributed by atoms with E-state index in [1.54, 1.807) is 23.7 Å². The largest absolute Gasteiger partial charge is 0.323 e. The second-order valence-electron chi connectivity index (χ2n) is 6.36. The van der Waals surface area contributed by atoms with Crippen LogP contribution in [0.15, 0.2) is 29.6 Å². The Morgan fingerprint density at radius 3 is 2.74 bits per heavy atom. The third-order valence-corrected chi connectivity index (χ3v) is 4.32. The topological polar surface area (TPSA) is 67.2 Å². The number of nitrogens with one attached hydrogen (secondary N) is 1. The molecule has 0 aliphatic carbocycles. The summed E-state index contributed by atoms with van der Waals surface area (Å²) in [6, 6.07) is 3.86. The lowest BCUT2D eigenvalue weighted by Crippen LogP contribution is -2.43. The summed E-state index contributed by atoms with van der Waals surface area (Å²) in [7, 11) is 5.89.